The van der Waals surface area contributed by atoms with Gasteiger partial charge in [0.2, 0.25) is 0 Å². The number of pyridine rings is 1. The number of likely N-dealkylation sites (tertiary alicyclic amines) is 1. The van der Waals surface area contributed by atoms with Crippen molar-refractivity contribution in [2.75, 3.05) is 13.1 Å². The predicted molar refractivity (Wildman–Crippen MR) is 63.9 cm³/mol. The number of carbonyl (C=O) groups excluding carboxylic acids is 2. The number of hydrogen-bond donors (Lipinski definition) is 0. The summed E-state index contributed by atoms with van der Waals surface area (Å²) in [4.78, 5) is 28.0. The van der Waals surface area contributed by atoms with Crippen molar-refractivity contribution < 1.29 is 22.8 Å². The number of hydrogen-bond acceptors (Lipinski definition) is 3. The van der Waals surface area contributed by atoms with Gasteiger partial charge in [-0.2, -0.15) is 13.2 Å². The van der Waals surface area contributed by atoms with E-state index in [1.807, 2.05) is 0 Å². The van der Waals surface area contributed by atoms with Crippen LogP contribution in [0, 0.1) is 5.92 Å². The van der Waals surface area contributed by atoms with E-state index in [9.17, 15) is 22.8 Å². The number of aromatic nitrogens is 1. The van der Waals surface area contributed by atoms with E-state index in [-0.39, 0.29) is 17.3 Å². The fourth-order valence-corrected chi connectivity index (χ4v) is 2.15. The van der Waals surface area contributed by atoms with Gasteiger partial charge in [0.05, 0.1) is 5.56 Å². The number of ketones is 1. The lowest BCUT2D eigenvalue weighted by Gasteiger charge is -2.16. The van der Waals surface area contributed by atoms with Crippen molar-refractivity contribution in [1.29, 1.82) is 0 Å². The molecule has 0 aliphatic carbocycles. The van der Waals surface area contributed by atoms with E-state index < -0.39 is 17.8 Å². The predicted octanol–water partition coefficient (Wildman–Crippen LogP) is 2.15. The lowest BCUT2D eigenvalue weighted by molar-refractivity contribution is -0.141. The number of halogens is 3. The molecule has 1 aliphatic rings. The highest BCUT2D eigenvalue weighted by Crippen LogP contribution is 2.27. The summed E-state index contributed by atoms with van der Waals surface area (Å²) >= 11 is 0. The third kappa shape index (κ3) is 2.97. The first-order chi connectivity index (χ1) is 9.29. The second-order valence-electron chi connectivity index (χ2n) is 4.78. The molecule has 108 valence electrons. The van der Waals surface area contributed by atoms with Crippen LogP contribution in [0.2, 0.25) is 0 Å². The van der Waals surface area contributed by atoms with Crippen LogP contribution in [-0.4, -0.2) is 34.7 Å². The van der Waals surface area contributed by atoms with Crippen LogP contribution in [-0.2, 0) is 11.0 Å². The molecule has 1 saturated heterocycles. The largest absolute Gasteiger partial charge is 0.433 e. The van der Waals surface area contributed by atoms with E-state index in [1.165, 1.54) is 11.8 Å². The van der Waals surface area contributed by atoms with Crippen LogP contribution in [0.1, 0.15) is 29.4 Å². The Morgan fingerprint density at radius 2 is 2.05 bits per heavy atom. The molecule has 0 bridgehead atoms. The minimum atomic E-state index is -4.52. The Balaban J connectivity index is 2.09. The fraction of sp³-hybridized carbons (Fsp3) is 0.462. The normalized spacial score (nSPS) is 19.2. The molecule has 7 heteroatoms. The standard InChI is InChI=1S/C13H13F3N2O2/c1-8(19)10-4-5-18(7-10)12(20)9-2-3-11(17-6-9)13(14,15)16/h2-3,6,10H,4-5,7H2,1H3. The maximum absolute atomic E-state index is 12.4. The molecule has 1 atom stereocenters. The second kappa shape index (κ2) is 5.22. The maximum atomic E-state index is 12.4. The highest BCUT2D eigenvalue weighted by molar-refractivity contribution is 5.94. The van der Waals surface area contributed by atoms with Crippen LogP contribution >= 0.6 is 0 Å². The summed E-state index contributed by atoms with van der Waals surface area (Å²) < 4.78 is 37.1. The van der Waals surface area contributed by atoms with Gasteiger partial charge in [-0.15, -0.1) is 0 Å². The van der Waals surface area contributed by atoms with Crippen LogP contribution in [0.3, 0.4) is 0 Å². The van der Waals surface area contributed by atoms with Crippen LogP contribution in [0.25, 0.3) is 0 Å². The maximum Gasteiger partial charge on any atom is 0.433 e. The summed E-state index contributed by atoms with van der Waals surface area (Å²) in [6.07, 6.45) is -3.00. The lowest BCUT2D eigenvalue weighted by atomic mass is 10.1. The average Bonchev–Trinajstić information content (AvgIpc) is 2.86. The smallest absolute Gasteiger partial charge is 0.338 e. The van der Waals surface area contributed by atoms with Crippen molar-refractivity contribution in [3.05, 3.63) is 29.6 Å². The van der Waals surface area contributed by atoms with Gasteiger partial charge in [0.1, 0.15) is 11.5 Å². The molecule has 0 spiro atoms. The third-order valence-corrected chi connectivity index (χ3v) is 3.35. The first-order valence-electron chi connectivity index (χ1n) is 6.12. The minimum Gasteiger partial charge on any atom is -0.338 e. The van der Waals surface area contributed by atoms with Gasteiger partial charge in [0, 0.05) is 25.2 Å². The second-order valence-corrected chi connectivity index (χ2v) is 4.78. The number of carbonyl (C=O) groups is 2. The number of rotatable bonds is 2. The lowest BCUT2D eigenvalue weighted by Crippen LogP contribution is -2.29. The number of alkyl halides is 3. The van der Waals surface area contributed by atoms with Crippen LogP contribution in [0.4, 0.5) is 13.2 Å². The molecule has 0 aromatic carbocycles. The van der Waals surface area contributed by atoms with Crippen molar-refractivity contribution in [1.82, 2.24) is 9.88 Å². The van der Waals surface area contributed by atoms with Crippen LogP contribution in [0.5, 0.6) is 0 Å². The SMILES string of the molecule is CC(=O)C1CCN(C(=O)c2ccc(C(F)(F)F)nc2)C1. The summed E-state index contributed by atoms with van der Waals surface area (Å²) in [5.41, 5.74) is -0.931. The quantitative estimate of drug-likeness (QED) is 0.837. The van der Waals surface area contributed by atoms with Gasteiger partial charge >= 0.3 is 6.18 Å². The number of Topliss-reactive ketones (excluding diaryl/α,β-unsaturated/α-hetero) is 1. The third-order valence-electron chi connectivity index (χ3n) is 3.35. The molecular formula is C13H13F3N2O2. The number of nitrogens with zero attached hydrogens (tertiary/aromatic N) is 2. The van der Waals surface area contributed by atoms with Crippen LogP contribution < -0.4 is 0 Å². The van der Waals surface area contributed by atoms with E-state index >= 15 is 0 Å². The van der Waals surface area contributed by atoms with Gasteiger partial charge in [-0.3, -0.25) is 14.6 Å². The van der Waals surface area contributed by atoms with E-state index in [1.54, 1.807) is 0 Å². The van der Waals surface area contributed by atoms with Crippen molar-refractivity contribution >= 4 is 11.7 Å². The molecule has 1 unspecified atom stereocenters. The van der Waals surface area contributed by atoms with E-state index in [4.69, 9.17) is 0 Å². The monoisotopic (exact) mass is 286 g/mol. The summed E-state index contributed by atoms with van der Waals surface area (Å²) in [6, 6.07) is 1.89. The highest BCUT2D eigenvalue weighted by Gasteiger charge is 2.33. The van der Waals surface area contributed by atoms with Gasteiger partial charge in [0.25, 0.3) is 5.91 Å². The Kier molecular flexibility index (Phi) is 3.78. The van der Waals surface area contributed by atoms with Crippen molar-refractivity contribution in [3.8, 4) is 0 Å². The molecule has 1 fully saturated rings. The average molecular weight is 286 g/mol. The summed E-state index contributed by atoms with van der Waals surface area (Å²) in [7, 11) is 0. The van der Waals surface area contributed by atoms with E-state index in [2.05, 4.69) is 4.98 Å². The molecule has 0 N–H and O–H groups in total. The zero-order valence-electron chi connectivity index (χ0n) is 10.8. The van der Waals surface area contributed by atoms with Crippen molar-refractivity contribution in [3.63, 3.8) is 0 Å². The van der Waals surface area contributed by atoms with Gasteiger partial charge in [-0.25, -0.2) is 0 Å². The number of amides is 1. The molecular weight excluding hydrogens is 273 g/mol. The summed E-state index contributed by atoms with van der Waals surface area (Å²) in [6.45, 7) is 2.22. The molecule has 0 saturated carbocycles. The van der Waals surface area contributed by atoms with Crippen molar-refractivity contribution in [2.24, 2.45) is 5.92 Å². The van der Waals surface area contributed by atoms with Gasteiger partial charge in [0.15, 0.2) is 0 Å². The molecule has 1 aromatic heterocycles. The Morgan fingerprint density at radius 3 is 2.50 bits per heavy atom. The molecule has 0 radical (unpaired) electrons. The molecule has 2 heterocycles. The molecule has 1 amide bonds. The zero-order chi connectivity index (χ0) is 14.9. The topological polar surface area (TPSA) is 50.3 Å². The Labute approximate surface area is 113 Å². The van der Waals surface area contributed by atoms with E-state index in [0.717, 1.165) is 18.3 Å². The van der Waals surface area contributed by atoms with Gasteiger partial charge < -0.3 is 4.90 Å². The van der Waals surface area contributed by atoms with Gasteiger partial charge in [-0.1, -0.05) is 0 Å². The first kappa shape index (κ1) is 14.5. The first-order valence-corrected chi connectivity index (χ1v) is 6.12. The highest BCUT2D eigenvalue weighted by atomic mass is 19.4. The molecule has 20 heavy (non-hydrogen) atoms. The zero-order valence-corrected chi connectivity index (χ0v) is 10.8. The van der Waals surface area contributed by atoms with E-state index in [0.29, 0.717) is 19.5 Å². The fourth-order valence-electron chi connectivity index (χ4n) is 2.15. The van der Waals surface area contributed by atoms with Crippen molar-refractivity contribution in [2.45, 2.75) is 19.5 Å². The summed E-state index contributed by atoms with van der Waals surface area (Å²) in [5, 5.41) is 0. The Hall–Kier alpha value is -1.92. The van der Waals surface area contributed by atoms with Gasteiger partial charge in [-0.05, 0) is 25.5 Å². The summed E-state index contributed by atoms with van der Waals surface area (Å²) in [5.74, 6) is -0.554. The molecule has 2 rings (SSSR count). The van der Waals surface area contributed by atoms with Crippen LogP contribution in [0.15, 0.2) is 18.3 Å². The molecule has 1 aliphatic heterocycles. The molecule has 4 nitrogen and oxygen atoms in total. The molecule has 1 aromatic rings. The Morgan fingerprint density at radius 1 is 1.35 bits per heavy atom. The minimum absolute atomic E-state index is 0.0193. The Bertz CT molecular complexity index is 525.